The molecule has 2 aromatic rings. The summed E-state index contributed by atoms with van der Waals surface area (Å²) in [4.78, 5) is 11.3. The number of hydrogen-bond donors (Lipinski definition) is 1. The van der Waals surface area contributed by atoms with Gasteiger partial charge in [-0.1, -0.05) is 47.5 Å². The SMILES string of the molecule is O=C(/C=C/c1cccc(Cl)c1Cl)Nc1ccccc1S(=O)(=O)C(F)F. The number of amides is 1. The summed E-state index contributed by atoms with van der Waals surface area (Å²) in [5.74, 6) is -4.31. The van der Waals surface area contributed by atoms with Crippen molar-refractivity contribution < 1.29 is 22.0 Å². The second kappa shape index (κ2) is 7.95. The molecular formula is C16H11Cl2F2NO3S. The van der Waals surface area contributed by atoms with E-state index >= 15 is 0 Å². The highest BCUT2D eigenvalue weighted by Crippen LogP contribution is 2.27. The molecule has 0 aliphatic heterocycles. The molecule has 25 heavy (non-hydrogen) atoms. The summed E-state index contributed by atoms with van der Waals surface area (Å²) in [7, 11) is -4.84. The quantitative estimate of drug-likeness (QED) is 0.736. The normalized spacial score (nSPS) is 11.9. The maximum absolute atomic E-state index is 12.7. The van der Waals surface area contributed by atoms with E-state index in [9.17, 15) is 22.0 Å². The third-order valence-corrected chi connectivity index (χ3v) is 5.35. The van der Waals surface area contributed by atoms with Crippen molar-refractivity contribution in [1.82, 2.24) is 0 Å². The molecule has 0 unspecified atom stereocenters. The molecule has 9 heteroatoms. The molecule has 4 nitrogen and oxygen atoms in total. The number of sulfone groups is 1. The number of carbonyl (C=O) groups is 1. The fourth-order valence-electron chi connectivity index (χ4n) is 1.90. The Hall–Kier alpha value is -1.96. The summed E-state index contributed by atoms with van der Waals surface area (Å²) in [6.07, 6.45) is 2.46. The molecule has 1 N–H and O–H groups in total. The Balaban J connectivity index is 2.25. The van der Waals surface area contributed by atoms with Crippen molar-refractivity contribution in [3.05, 3.63) is 64.1 Å². The first-order chi connectivity index (χ1) is 11.7. The Morgan fingerprint density at radius 2 is 1.76 bits per heavy atom. The third-order valence-electron chi connectivity index (χ3n) is 3.08. The van der Waals surface area contributed by atoms with Gasteiger partial charge in [-0.05, 0) is 29.8 Å². The minimum atomic E-state index is -4.84. The molecule has 2 rings (SSSR count). The smallest absolute Gasteiger partial charge is 0.321 e. The predicted octanol–water partition coefficient (Wildman–Crippen LogP) is 4.64. The van der Waals surface area contributed by atoms with Crippen LogP contribution in [0.2, 0.25) is 10.0 Å². The van der Waals surface area contributed by atoms with E-state index in [1.54, 1.807) is 18.2 Å². The molecule has 132 valence electrons. The average molecular weight is 406 g/mol. The molecule has 0 atom stereocenters. The summed E-state index contributed by atoms with van der Waals surface area (Å²) in [5.41, 5.74) is 0.229. The molecule has 0 radical (unpaired) electrons. The monoisotopic (exact) mass is 405 g/mol. The molecule has 0 saturated carbocycles. The zero-order valence-electron chi connectivity index (χ0n) is 12.4. The van der Waals surface area contributed by atoms with Crippen LogP contribution >= 0.6 is 23.2 Å². The van der Waals surface area contributed by atoms with Gasteiger partial charge in [0.15, 0.2) is 0 Å². The summed E-state index contributed by atoms with van der Waals surface area (Å²) in [6.45, 7) is 0. The zero-order chi connectivity index (χ0) is 18.6. The minimum Gasteiger partial charge on any atom is -0.321 e. The van der Waals surface area contributed by atoms with Gasteiger partial charge in [0, 0.05) is 6.08 Å². The maximum atomic E-state index is 12.7. The van der Waals surface area contributed by atoms with Crippen LogP contribution in [0, 0.1) is 0 Å². The molecule has 0 fully saturated rings. The van der Waals surface area contributed by atoms with Gasteiger partial charge in [-0.2, -0.15) is 8.78 Å². The summed E-state index contributed by atoms with van der Waals surface area (Å²) in [5, 5.41) is 2.81. The zero-order valence-corrected chi connectivity index (χ0v) is 14.7. The number of para-hydroxylation sites is 1. The van der Waals surface area contributed by atoms with E-state index in [0.717, 1.165) is 12.1 Å². The van der Waals surface area contributed by atoms with Crippen LogP contribution in [-0.2, 0) is 14.6 Å². The van der Waals surface area contributed by atoms with Crippen molar-refractivity contribution in [2.45, 2.75) is 10.7 Å². The van der Waals surface area contributed by atoms with E-state index < -0.39 is 26.4 Å². The van der Waals surface area contributed by atoms with E-state index in [1.165, 1.54) is 24.3 Å². The average Bonchev–Trinajstić information content (AvgIpc) is 2.56. The summed E-state index contributed by atoms with van der Waals surface area (Å²) in [6, 6.07) is 9.74. The van der Waals surface area contributed by atoms with Crippen LogP contribution in [0.4, 0.5) is 14.5 Å². The highest BCUT2D eigenvalue weighted by atomic mass is 35.5. The molecule has 2 aromatic carbocycles. The molecule has 0 heterocycles. The first-order valence-electron chi connectivity index (χ1n) is 6.77. The first-order valence-corrected chi connectivity index (χ1v) is 9.08. The van der Waals surface area contributed by atoms with Crippen molar-refractivity contribution in [3.8, 4) is 0 Å². The molecule has 0 aromatic heterocycles. The summed E-state index contributed by atoms with van der Waals surface area (Å²) < 4.78 is 48.7. The number of nitrogens with one attached hydrogen (secondary N) is 1. The van der Waals surface area contributed by atoms with Gasteiger partial charge in [0.2, 0.25) is 15.7 Å². The second-order valence-corrected chi connectivity index (χ2v) is 7.44. The number of benzene rings is 2. The number of anilines is 1. The van der Waals surface area contributed by atoms with Crippen LogP contribution in [0.1, 0.15) is 5.56 Å². The maximum Gasteiger partial charge on any atom is 0.341 e. The van der Waals surface area contributed by atoms with Crippen LogP contribution in [0.3, 0.4) is 0 Å². The number of hydrogen-bond acceptors (Lipinski definition) is 3. The van der Waals surface area contributed by atoms with Crippen LogP contribution in [0.5, 0.6) is 0 Å². The molecule has 0 aliphatic carbocycles. The fourth-order valence-corrected chi connectivity index (χ4v) is 3.16. The predicted molar refractivity (Wildman–Crippen MR) is 93.8 cm³/mol. The van der Waals surface area contributed by atoms with E-state index in [4.69, 9.17) is 23.2 Å². The Morgan fingerprint density at radius 1 is 1.08 bits per heavy atom. The van der Waals surface area contributed by atoms with Crippen molar-refractivity contribution in [2.24, 2.45) is 0 Å². The van der Waals surface area contributed by atoms with Gasteiger partial charge in [0.25, 0.3) is 0 Å². The lowest BCUT2D eigenvalue weighted by Crippen LogP contribution is -2.16. The molecular weight excluding hydrogens is 395 g/mol. The van der Waals surface area contributed by atoms with Crippen molar-refractivity contribution in [3.63, 3.8) is 0 Å². The van der Waals surface area contributed by atoms with Gasteiger partial charge >= 0.3 is 5.76 Å². The van der Waals surface area contributed by atoms with Crippen LogP contribution in [0.25, 0.3) is 6.08 Å². The van der Waals surface area contributed by atoms with Gasteiger partial charge in [0.05, 0.1) is 20.6 Å². The number of rotatable bonds is 5. The molecule has 0 bridgehead atoms. The Bertz CT molecular complexity index is 931. The summed E-state index contributed by atoms with van der Waals surface area (Å²) >= 11 is 11.8. The van der Waals surface area contributed by atoms with Crippen molar-refractivity contribution in [2.75, 3.05) is 5.32 Å². The minimum absolute atomic E-state index is 0.241. The van der Waals surface area contributed by atoms with E-state index in [1.807, 2.05) is 0 Å². The molecule has 0 saturated heterocycles. The standard InChI is InChI=1S/C16H11Cl2F2NO3S/c17-11-5-3-4-10(15(11)18)8-9-14(22)21-12-6-1-2-7-13(12)25(23,24)16(19)20/h1-9,16H,(H,21,22)/b9-8+. The van der Waals surface area contributed by atoms with E-state index in [0.29, 0.717) is 10.6 Å². The number of alkyl halides is 2. The van der Waals surface area contributed by atoms with Crippen LogP contribution in [-0.4, -0.2) is 20.1 Å². The second-order valence-electron chi connectivity index (χ2n) is 4.77. The molecule has 1 amide bonds. The van der Waals surface area contributed by atoms with Gasteiger partial charge in [-0.15, -0.1) is 0 Å². The largest absolute Gasteiger partial charge is 0.341 e. The Morgan fingerprint density at radius 3 is 2.44 bits per heavy atom. The Kier molecular flexibility index (Phi) is 6.16. The Labute approximate surface area is 153 Å². The fraction of sp³-hybridized carbons (Fsp3) is 0.0625. The van der Waals surface area contributed by atoms with Gasteiger partial charge < -0.3 is 5.32 Å². The topological polar surface area (TPSA) is 63.2 Å². The highest BCUT2D eigenvalue weighted by molar-refractivity contribution is 7.91. The van der Waals surface area contributed by atoms with Gasteiger partial charge in [0.1, 0.15) is 0 Å². The third kappa shape index (κ3) is 4.56. The van der Waals surface area contributed by atoms with Crippen molar-refractivity contribution >= 4 is 50.7 Å². The lowest BCUT2D eigenvalue weighted by molar-refractivity contribution is -0.111. The van der Waals surface area contributed by atoms with Crippen molar-refractivity contribution in [1.29, 1.82) is 0 Å². The lowest BCUT2D eigenvalue weighted by atomic mass is 10.2. The number of carbonyl (C=O) groups excluding carboxylic acids is 1. The van der Waals surface area contributed by atoms with Gasteiger partial charge in [-0.3, -0.25) is 4.79 Å². The molecule has 0 aliphatic rings. The van der Waals surface area contributed by atoms with E-state index in [-0.39, 0.29) is 10.7 Å². The first kappa shape index (κ1) is 19.4. The molecule has 0 spiro atoms. The lowest BCUT2D eigenvalue weighted by Gasteiger charge is -2.10. The van der Waals surface area contributed by atoms with E-state index in [2.05, 4.69) is 5.32 Å². The van der Waals surface area contributed by atoms with Gasteiger partial charge in [-0.25, -0.2) is 8.42 Å². The number of halogens is 4. The van der Waals surface area contributed by atoms with Crippen LogP contribution < -0.4 is 5.32 Å². The van der Waals surface area contributed by atoms with Crippen LogP contribution in [0.15, 0.2) is 53.4 Å². The highest BCUT2D eigenvalue weighted by Gasteiger charge is 2.29.